The molecule has 0 saturated carbocycles. The van der Waals surface area contributed by atoms with Crippen LogP contribution in [0.15, 0.2) is 36.4 Å². The normalized spacial score (nSPS) is 17.8. The van der Waals surface area contributed by atoms with E-state index in [0.29, 0.717) is 18.0 Å². The molecule has 2 aliphatic rings. The molecule has 0 spiro atoms. The summed E-state index contributed by atoms with van der Waals surface area (Å²) in [7, 11) is 0. The molecule has 4 rings (SSSR count). The Kier molecular flexibility index (Phi) is 10.5. The number of hydrogen-bond acceptors (Lipinski definition) is 4. The zero-order chi connectivity index (χ0) is 32.4. The van der Waals surface area contributed by atoms with E-state index in [0.717, 1.165) is 13.0 Å². The maximum Gasteiger partial charge on any atom is 0.0506 e. The molecular formula is C40H62N4. The zero-order valence-corrected chi connectivity index (χ0v) is 30.1. The third-order valence-electron chi connectivity index (χ3n) is 9.35. The number of anilines is 4. The average Bonchev–Trinajstić information content (AvgIpc) is 2.89. The molecule has 2 atom stereocenters. The Balaban J connectivity index is 1.76. The third kappa shape index (κ3) is 8.23. The highest BCUT2D eigenvalue weighted by molar-refractivity contribution is 5.88. The lowest BCUT2D eigenvalue weighted by molar-refractivity contribution is 0.540. The van der Waals surface area contributed by atoms with Crippen LogP contribution in [0.5, 0.6) is 0 Å². The number of benzene rings is 2. The van der Waals surface area contributed by atoms with Crippen molar-refractivity contribution in [3.63, 3.8) is 0 Å². The minimum atomic E-state index is -0.121. The van der Waals surface area contributed by atoms with Crippen molar-refractivity contribution in [2.45, 2.75) is 145 Å². The van der Waals surface area contributed by atoms with E-state index in [4.69, 9.17) is 0 Å². The van der Waals surface area contributed by atoms with E-state index in [1.54, 1.807) is 0 Å². The lowest BCUT2D eigenvalue weighted by atomic mass is 9.87. The van der Waals surface area contributed by atoms with Crippen molar-refractivity contribution in [2.24, 2.45) is 5.92 Å². The number of aryl methyl sites for hydroxylation is 2. The molecule has 2 aromatic carbocycles. The topological polar surface area (TPSA) is 39.3 Å². The van der Waals surface area contributed by atoms with Gasteiger partial charge in [-0.25, -0.2) is 0 Å². The van der Waals surface area contributed by atoms with Crippen LogP contribution in [0, 0.1) is 19.8 Å². The number of hydrogen-bond donors (Lipinski definition) is 3. The predicted octanol–water partition coefficient (Wildman–Crippen LogP) is 11.2. The number of allylic oxidation sites excluding steroid dienone is 1. The predicted molar refractivity (Wildman–Crippen MR) is 197 cm³/mol. The van der Waals surface area contributed by atoms with Gasteiger partial charge in [0.05, 0.1) is 11.1 Å². The van der Waals surface area contributed by atoms with Crippen LogP contribution < -0.4 is 20.9 Å². The molecule has 4 heteroatoms. The molecule has 0 radical (unpaired) electrons. The van der Waals surface area contributed by atoms with Crippen molar-refractivity contribution in [1.82, 2.24) is 0 Å². The van der Waals surface area contributed by atoms with Crippen LogP contribution in [0.1, 0.15) is 130 Å². The zero-order valence-electron chi connectivity index (χ0n) is 30.1. The summed E-state index contributed by atoms with van der Waals surface area (Å²) < 4.78 is 0. The lowest BCUT2D eigenvalue weighted by Gasteiger charge is -2.39. The second-order valence-corrected chi connectivity index (χ2v) is 15.6. The van der Waals surface area contributed by atoms with Crippen LogP contribution >= 0.6 is 0 Å². The molecule has 0 fully saturated rings. The third-order valence-corrected chi connectivity index (χ3v) is 9.35. The number of nitrogens with zero attached hydrogens (tertiary/aromatic N) is 1. The fourth-order valence-electron chi connectivity index (χ4n) is 7.44. The summed E-state index contributed by atoms with van der Waals surface area (Å²) >= 11 is 0. The van der Waals surface area contributed by atoms with Gasteiger partial charge in [-0.05, 0) is 128 Å². The Hall–Kier alpha value is -2.88. The van der Waals surface area contributed by atoms with Gasteiger partial charge >= 0.3 is 0 Å². The molecule has 2 unspecified atom stereocenters. The van der Waals surface area contributed by atoms with Crippen molar-refractivity contribution in [3.8, 4) is 0 Å². The summed E-state index contributed by atoms with van der Waals surface area (Å²) in [6.45, 7) is 28.5. The maximum absolute atomic E-state index is 3.86. The van der Waals surface area contributed by atoms with Gasteiger partial charge in [0.25, 0.3) is 0 Å². The standard InChI is InChI=1S/C40H62N4/c1-13-14-15-16-17-31(8)44(34-20-28(5)37-35(22-34)29(6)23-39(9,10)42-37)25-32-24-40(11,12)43-38-27(4)19-33(21-36(32)38)41-30(7)18-26(2)3/h19-24,26,30-31,41-43H,13-18,25H2,1-12H3. The van der Waals surface area contributed by atoms with E-state index < -0.39 is 0 Å². The molecule has 0 bridgehead atoms. The highest BCUT2D eigenvalue weighted by atomic mass is 15.2. The Morgan fingerprint density at radius 2 is 1.41 bits per heavy atom. The van der Waals surface area contributed by atoms with Crippen molar-refractivity contribution in [2.75, 3.05) is 27.4 Å². The second kappa shape index (κ2) is 13.6. The first kappa shape index (κ1) is 34.0. The van der Waals surface area contributed by atoms with Gasteiger partial charge in [0.1, 0.15) is 0 Å². The van der Waals surface area contributed by atoms with Crippen LogP contribution in [0.4, 0.5) is 22.7 Å². The smallest absolute Gasteiger partial charge is 0.0506 e. The molecule has 0 amide bonds. The Morgan fingerprint density at radius 1 is 0.773 bits per heavy atom. The molecule has 2 heterocycles. The van der Waals surface area contributed by atoms with Crippen molar-refractivity contribution in [3.05, 3.63) is 58.7 Å². The molecule has 242 valence electrons. The van der Waals surface area contributed by atoms with Gasteiger partial charge in [0, 0.05) is 52.5 Å². The summed E-state index contributed by atoms with van der Waals surface area (Å²) in [5.74, 6) is 0.668. The fraction of sp³-hybridized carbons (Fsp3) is 0.600. The SMILES string of the molecule is CCCCCCC(C)N(CC1=CC(C)(C)Nc2c(C)cc(NC(C)CC(C)C)cc21)c1cc(C)c2c(c1)C(C)=CC(C)(C)N2. The van der Waals surface area contributed by atoms with Crippen molar-refractivity contribution < 1.29 is 0 Å². The van der Waals surface area contributed by atoms with E-state index in [-0.39, 0.29) is 11.1 Å². The van der Waals surface area contributed by atoms with Gasteiger partial charge in [-0.3, -0.25) is 0 Å². The van der Waals surface area contributed by atoms with E-state index >= 15 is 0 Å². The quantitative estimate of drug-likeness (QED) is 0.201. The number of rotatable bonds is 13. The molecule has 2 aliphatic heterocycles. The lowest BCUT2D eigenvalue weighted by Crippen LogP contribution is -2.38. The monoisotopic (exact) mass is 598 g/mol. The van der Waals surface area contributed by atoms with Crippen LogP contribution in [0.25, 0.3) is 11.1 Å². The first-order chi connectivity index (χ1) is 20.6. The van der Waals surface area contributed by atoms with E-state index in [1.807, 2.05) is 0 Å². The minimum Gasteiger partial charge on any atom is -0.383 e. The van der Waals surface area contributed by atoms with Gasteiger partial charge in [-0.2, -0.15) is 0 Å². The second-order valence-electron chi connectivity index (χ2n) is 15.6. The highest BCUT2D eigenvalue weighted by Gasteiger charge is 2.30. The average molecular weight is 599 g/mol. The molecular weight excluding hydrogens is 536 g/mol. The molecule has 4 nitrogen and oxygen atoms in total. The molecule has 44 heavy (non-hydrogen) atoms. The fourth-order valence-corrected chi connectivity index (χ4v) is 7.44. The first-order valence-electron chi connectivity index (χ1n) is 17.4. The molecule has 0 aliphatic carbocycles. The Labute approximate surface area is 270 Å². The van der Waals surface area contributed by atoms with E-state index in [1.165, 1.54) is 88.3 Å². The minimum absolute atomic E-state index is 0.0406. The summed E-state index contributed by atoms with van der Waals surface area (Å²) in [6.07, 6.45) is 12.4. The Bertz CT molecular complexity index is 1380. The highest BCUT2D eigenvalue weighted by Crippen LogP contribution is 2.42. The van der Waals surface area contributed by atoms with Crippen LogP contribution in [-0.2, 0) is 0 Å². The van der Waals surface area contributed by atoms with Gasteiger partial charge in [0.2, 0.25) is 0 Å². The molecule has 0 aromatic heterocycles. The van der Waals surface area contributed by atoms with Crippen LogP contribution in [0.2, 0.25) is 0 Å². The number of nitrogens with one attached hydrogen (secondary N) is 3. The number of unbranched alkanes of at least 4 members (excludes halogenated alkanes) is 3. The number of fused-ring (bicyclic) bond motifs is 2. The first-order valence-corrected chi connectivity index (χ1v) is 17.4. The maximum atomic E-state index is 3.86. The van der Waals surface area contributed by atoms with Crippen LogP contribution in [0.3, 0.4) is 0 Å². The van der Waals surface area contributed by atoms with Gasteiger partial charge in [0.15, 0.2) is 0 Å². The summed E-state index contributed by atoms with van der Waals surface area (Å²) in [6, 6.07) is 10.5. The van der Waals surface area contributed by atoms with Crippen LogP contribution in [-0.4, -0.2) is 29.7 Å². The van der Waals surface area contributed by atoms with E-state index in [9.17, 15) is 0 Å². The largest absolute Gasteiger partial charge is 0.383 e. The Morgan fingerprint density at radius 3 is 2.07 bits per heavy atom. The summed E-state index contributed by atoms with van der Waals surface area (Å²) in [4.78, 5) is 2.69. The molecule has 0 saturated heterocycles. The molecule has 2 aromatic rings. The van der Waals surface area contributed by atoms with Crippen molar-refractivity contribution in [1.29, 1.82) is 0 Å². The molecule has 3 N–H and O–H groups in total. The van der Waals surface area contributed by atoms with Gasteiger partial charge < -0.3 is 20.9 Å². The van der Waals surface area contributed by atoms with Gasteiger partial charge in [-0.15, -0.1) is 0 Å². The van der Waals surface area contributed by atoms with Gasteiger partial charge in [-0.1, -0.05) is 58.6 Å². The van der Waals surface area contributed by atoms with E-state index in [2.05, 4.69) is 140 Å². The summed E-state index contributed by atoms with van der Waals surface area (Å²) in [5.41, 5.74) is 13.0. The van der Waals surface area contributed by atoms with Crippen molar-refractivity contribution >= 4 is 33.9 Å². The summed E-state index contributed by atoms with van der Waals surface area (Å²) in [5, 5.41) is 11.5.